The van der Waals surface area contributed by atoms with Gasteiger partial charge in [-0.05, 0) is 36.0 Å². The first-order valence-corrected chi connectivity index (χ1v) is 7.66. The molecule has 1 aromatic rings. The van der Waals surface area contributed by atoms with Crippen molar-refractivity contribution in [1.29, 1.82) is 0 Å². The number of ether oxygens (including phenoxy) is 1. The minimum Gasteiger partial charge on any atom is -0.497 e. The van der Waals surface area contributed by atoms with Crippen LogP contribution in [-0.2, 0) is 4.79 Å². The molecule has 4 nitrogen and oxygen atoms in total. The fraction of sp³-hybridized carbons (Fsp3) is 0.588. The first-order chi connectivity index (χ1) is 10.1. The molecule has 2 N–H and O–H groups in total. The van der Waals surface area contributed by atoms with Crippen molar-refractivity contribution in [3.8, 4) is 5.75 Å². The number of rotatable bonds is 7. The van der Waals surface area contributed by atoms with Crippen molar-refractivity contribution in [3.05, 3.63) is 29.8 Å². The summed E-state index contributed by atoms with van der Waals surface area (Å²) in [5.74, 6) is 1.39. The molecule has 0 radical (unpaired) electrons. The standard InChI is InChI=1S/C17H25NO3/c1-4-11(2)16(19)10-18-17(20)15-9-14(15)12-6-5-7-13(8-12)21-3/h5-8,11,14-16,19H,4,9-10H2,1-3H3,(H,18,20). The minimum absolute atomic E-state index is 0.0289. The van der Waals surface area contributed by atoms with Crippen LogP contribution in [0.4, 0.5) is 0 Å². The summed E-state index contributed by atoms with van der Waals surface area (Å²) in [6.07, 6.45) is 1.32. The number of nitrogens with one attached hydrogen (secondary N) is 1. The average Bonchev–Trinajstić information content (AvgIpc) is 3.32. The molecule has 1 fully saturated rings. The lowest BCUT2D eigenvalue weighted by Gasteiger charge is -2.17. The Kier molecular flexibility index (Phi) is 5.23. The highest BCUT2D eigenvalue weighted by Gasteiger charge is 2.44. The van der Waals surface area contributed by atoms with Gasteiger partial charge in [0.2, 0.25) is 5.91 Å². The monoisotopic (exact) mass is 291 g/mol. The summed E-state index contributed by atoms with van der Waals surface area (Å²) in [5.41, 5.74) is 1.15. The maximum absolute atomic E-state index is 12.1. The van der Waals surface area contributed by atoms with E-state index in [1.807, 2.05) is 38.1 Å². The fourth-order valence-corrected chi connectivity index (χ4v) is 2.53. The van der Waals surface area contributed by atoms with E-state index in [-0.39, 0.29) is 23.7 Å². The lowest BCUT2D eigenvalue weighted by Crippen LogP contribution is -2.36. The molecule has 0 saturated heterocycles. The van der Waals surface area contributed by atoms with Crippen molar-refractivity contribution in [2.75, 3.05) is 13.7 Å². The van der Waals surface area contributed by atoms with Crippen molar-refractivity contribution in [1.82, 2.24) is 5.32 Å². The first kappa shape index (κ1) is 15.8. The van der Waals surface area contributed by atoms with Gasteiger partial charge in [0.25, 0.3) is 0 Å². The van der Waals surface area contributed by atoms with Crippen molar-refractivity contribution in [3.63, 3.8) is 0 Å². The highest BCUT2D eigenvalue weighted by Crippen LogP contribution is 2.48. The third-order valence-electron chi connectivity index (χ3n) is 4.44. The topological polar surface area (TPSA) is 58.6 Å². The smallest absolute Gasteiger partial charge is 0.223 e. The number of amides is 1. The van der Waals surface area contributed by atoms with Gasteiger partial charge in [0.05, 0.1) is 13.2 Å². The highest BCUT2D eigenvalue weighted by molar-refractivity contribution is 5.82. The molecule has 0 heterocycles. The second kappa shape index (κ2) is 6.94. The lowest BCUT2D eigenvalue weighted by atomic mass is 10.0. The van der Waals surface area contributed by atoms with Crippen molar-refractivity contribution >= 4 is 5.91 Å². The summed E-state index contributed by atoms with van der Waals surface area (Å²) >= 11 is 0. The Balaban J connectivity index is 1.83. The Bertz CT molecular complexity index is 489. The van der Waals surface area contributed by atoms with Crippen LogP contribution in [0, 0.1) is 11.8 Å². The largest absolute Gasteiger partial charge is 0.497 e. The molecule has 1 amide bonds. The second-order valence-corrected chi connectivity index (χ2v) is 5.92. The number of carbonyl (C=O) groups is 1. The van der Waals surface area contributed by atoms with E-state index in [1.54, 1.807) is 7.11 Å². The summed E-state index contributed by atoms with van der Waals surface area (Å²) in [7, 11) is 1.65. The van der Waals surface area contributed by atoms with Crippen LogP contribution in [0.3, 0.4) is 0 Å². The van der Waals surface area contributed by atoms with Gasteiger partial charge in [0, 0.05) is 12.5 Å². The Morgan fingerprint density at radius 2 is 2.29 bits per heavy atom. The van der Waals surface area contributed by atoms with Crippen LogP contribution in [0.1, 0.15) is 38.2 Å². The summed E-state index contributed by atoms with van der Waals surface area (Å²) in [5, 5.41) is 12.8. The predicted octanol–water partition coefficient (Wildman–Crippen LogP) is 2.32. The van der Waals surface area contributed by atoms with E-state index < -0.39 is 6.10 Å². The Labute approximate surface area is 126 Å². The molecule has 21 heavy (non-hydrogen) atoms. The number of aliphatic hydroxyl groups excluding tert-OH is 1. The zero-order chi connectivity index (χ0) is 15.4. The third-order valence-corrected chi connectivity index (χ3v) is 4.44. The summed E-state index contributed by atoms with van der Waals surface area (Å²) in [6, 6.07) is 7.89. The normalized spacial score (nSPS) is 23.2. The Morgan fingerprint density at radius 1 is 1.52 bits per heavy atom. The van der Waals surface area contributed by atoms with Crippen LogP contribution < -0.4 is 10.1 Å². The van der Waals surface area contributed by atoms with Crippen molar-refractivity contribution in [2.45, 2.75) is 38.7 Å². The summed E-state index contributed by atoms with van der Waals surface area (Å²) < 4.78 is 5.21. The second-order valence-electron chi connectivity index (χ2n) is 5.92. The van der Waals surface area contributed by atoms with E-state index in [0.717, 1.165) is 24.2 Å². The number of aliphatic hydroxyl groups is 1. The van der Waals surface area contributed by atoms with E-state index in [2.05, 4.69) is 5.32 Å². The van der Waals surface area contributed by atoms with Gasteiger partial charge in [-0.2, -0.15) is 0 Å². The third kappa shape index (κ3) is 3.97. The highest BCUT2D eigenvalue weighted by atomic mass is 16.5. The molecular formula is C17H25NO3. The molecule has 0 bridgehead atoms. The molecule has 1 saturated carbocycles. The summed E-state index contributed by atoms with van der Waals surface area (Å²) in [4.78, 5) is 12.1. The number of hydrogen-bond donors (Lipinski definition) is 2. The lowest BCUT2D eigenvalue weighted by molar-refractivity contribution is -0.123. The molecule has 4 heteroatoms. The average molecular weight is 291 g/mol. The molecule has 1 aromatic carbocycles. The Morgan fingerprint density at radius 3 is 2.95 bits per heavy atom. The molecule has 116 valence electrons. The van der Waals surface area contributed by atoms with Gasteiger partial charge < -0.3 is 15.2 Å². The maximum Gasteiger partial charge on any atom is 0.223 e. The zero-order valence-electron chi connectivity index (χ0n) is 13.0. The van der Waals surface area contributed by atoms with Gasteiger partial charge in [0.1, 0.15) is 5.75 Å². The molecule has 4 unspecified atom stereocenters. The van der Waals surface area contributed by atoms with Crippen LogP contribution in [0.25, 0.3) is 0 Å². The van der Waals surface area contributed by atoms with Gasteiger partial charge in [-0.1, -0.05) is 32.4 Å². The first-order valence-electron chi connectivity index (χ1n) is 7.66. The molecular weight excluding hydrogens is 266 g/mol. The number of methoxy groups -OCH3 is 1. The summed E-state index contributed by atoms with van der Waals surface area (Å²) in [6.45, 7) is 4.37. The van der Waals surface area contributed by atoms with Gasteiger partial charge in [-0.3, -0.25) is 4.79 Å². The van der Waals surface area contributed by atoms with E-state index in [1.165, 1.54) is 0 Å². The van der Waals surface area contributed by atoms with Crippen molar-refractivity contribution in [2.24, 2.45) is 11.8 Å². The van der Waals surface area contributed by atoms with Crippen LogP contribution in [0.2, 0.25) is 0 Å². The molecule has 0 aliphatic heterocycles. The minimum atomic E-state index is -0.465. The van der Waals surface area contributed by atoms with Crippen molar-refractivity contribution < 1.29 is 14.6 Å². The van der Waals surface area contributed by atoms with Gasteiger partial charge in [0.15, 0.2) is 0 Å². The number of hydrogen-bond acceptors (Lipinski definition) is 3. The molecule has 0 aromatic heterocycles. The van der Waals surface area contributed by atoms with Crippen LogP contribution in [0.5, 0.6) is 5.75 Å². The quantitative estimate of drug-likeness (QED) is 0.810. The maximum atomic E-state index is 12.1. The van der Waals surface area contributed by atoms with Gasteiger partial charge >= 0.3 is 0 Å². The van der Waals surface area contributed by atoms with Gasteiger partial charge in [-0.25, -0.2) is 0 Å². The van der Waals surface area contributed by atoms with Crippen LogP contribution in [0.15, 0.2) is 24.3 Å². The van der Waals surface area contributed by atoms with E-state index >= 15 is 0 Å². The fourth-order valence-electron chi connectivity index (χ4n) is 2.53. The zero-order valence-corrected chi connectivity index (χ0v) is 13.0. The molecule has 2 rings (SSSR count). The van der Waals surface area contributed by atoms with Crippen LogP contribution in [-0.4, -0.2) is 30.8 Å². The molecule has 0 spiro atoms. The molecule has 4 atom stereocenters. The SMILES string of the molecule is CCC(C)C(O)CNC(=O)C1CC1c1cccc(OC)c1. The van der Waals surface area contributed by atoms with Gasteiger partial charge in [-0.15, -0.1) is 0 Å². The number of benzene rings is 1. The number of carbonyl (C=O) groups excluding carboxylic acids is 1. The Hall–Kier alpha value is -1.55. The molecule has 1 aliphatic carbocycles. The van der Waals surface area contributed by atoms with E-state index in [0.29, 0.717) is 6.54 Å². The predicted molar refractivity (Wildman–Crippen MR) is 82.3 cm³/mol. The van der Waals surface area contributed by atoms with E-state index in [9.17, 15) is 9.90 Å². The van der Waals surface area contributed by atoms with Crippen LogP contribution >= 0.6 is 0 Å². The molecule has 1 aliphatic rings. The van der Waals surface area contributed by atoms with E-state index in [4.69, 9.17) is 4.74 Å².